The molecular formula is C27H28F2N2O3S2. The van der Waals surface area contributed by atoms with E-state index >= 15 is 0 Å². The van der Waals surface area contributed by atoms with E-state index in [4.69, 9.17) is 0 Å². The second kappa shape index (κ2) is 11.1. The van der Waals surface area contributed by atoms with E-state index in [-0.39, 0.29) is 40.5 Å². The number of piperidine rings is 1. The highest BCUT2D eigenvalue weighted by Gasteiger charge is 2.32. The van der Waals surface area contributed by atoms with Crippen molar-refractivity contribution in [1.29, 1.82) is 0 Å². The lowest BCUT2D eigenvalue weighted by molar-refractivity contribution is 0.0947. The summed E-state index contributed by atoms with van der Waals surface area (Å²) in [5, 5.41) is 2.80. The summed E-state index contributed by atoms with van der Waals surface area (Å²) in [7, 11) is -3.80. The van der Waals surface area contributed by atoms with E-state index in [1.165, 1.54) is 52.5 Å². The fourth-order valence-electron chi connectivity index (χ4n) is 4.40. The summed E-state index contributed by atoms with van der Waals surface area (Å²) in [5.41, 5.74) is 0.906. The van der Waals surface area contributed by atoms with Crippen molar-refractivity contribution in [3.63, 3.8) is 0 Å². The molecule has 190 valence electrons. The quantitative estimate of drug-likeness (QED) is 0.425. The molecule has 1 saturated heterocycles. The van der Waals surface area contributed by atoms with Gasteiger partial charge in [0.15, 0.2) is 0 Å². The summed E-state index contributed by atoms with van der Waals surface area (Å²) < 4.78 is 55.0. The fourth-order valence-corrected chi connectivity index (χ4v) is 7.03. The molecule has 1 aliphatic heterocycles. The summed E-state index contributed by atoms with van der Waals surface area (Å²) in [5.74, 6) is -0.711. The Morgan fingerprint density at radius 2 is 1.53 bits per heavy atom. The first-order valence-electron chi connectivity index (χ1n) is 11.7. The van der Waals surface area contributed by atoms with Gasteiger partial charge in [-0.2, -0.15) is 4.31 Å². The Morgan fingerprint density at radius 1 is 0.944 bits per heavy atom. The lowest BCUT2D eigenvalue weighted by Gasteiger charge is -2.34. The van der Waals surface area contributed by atoms with Gasteiger partial charge in [-0.25, -0.2) is 17.2 Å². The molecule has 0 aliphatic carbocycles. The number of amides is 1. The van der Waals surface area contributed by atoms with Crippen LogP contribution >= 0.6 is 11.8 Å². The van der Waals surface area contributed by atoms with E-state index < -0.39 is 15.9 Å². The summed E-state index contributed by atoms with van der Waals surface area (Å²) in [6.07, 6.45) is 0.969. The molecule has 0 saturated carbocycles. The Balaban J connectivity index is 1.65. The van der Waals surface area contributed by atoms with Crippen LogP contribution in [0.25, 0.3) is 0 Å². The van der Waals surface area contributed by atoms with Gasteiger partial charge in [0.25, 0.3) is 5.91 Å². The van der Waals surface area contributed by atoms with E-state index in [9.17, 15) is 22.0 Å². The number of nitrogens with zero attached hydrogens (tertiary/aromatic N) is 1. The van der Waals surface area contributed by atoms with Crippen LogP contribution in [-0.4, -0.2) is 31.7 Å². The number of hydrogen-bond acceptors (Lipinski definition) is 4. The van der Waals surface area contributed by atoms with Crippen molar-refractivity contribution in [1.82, 2.24) is 9.62 Å². The molecule has 1 N–H and O–H groups in total. The maximum absolute atomic E-state index is 13.5. The van der Waals surface area contributed by atoms with E-state index in [0.29, 0.717) is 28.4 Å². The Hall–Kier alpha value is -2.75. The molecular weight excluding hydrogens is 502 g/mol. The van der Waals surface area contributed by atoms with Crippen LogP contribution in [-0.2, 0) is 16.6 Å². The van der Waals surface area contributed by atoms with Crippen LogP contribution in [0.15, 0.2) is 81.4 Å². The van der Waals surface area contributed by atoms with Crippen LogP contribution in [0.4, 0.5) is 8.78 Å². The second-order valence-electron chi connectivity index (χ2n) is 9.29. The molecule has 3 aromatic carbocycles. The van der Waals surface area contributed by atoms with E-state index in [0.717, 1.165) is 6.42 Å². The van der Waals surface area contributed by atoms with Crippen LogP contribution in [0.2, 0.25) is 0 Å². The lowest BCUT2D eigenvalue weighted by Crippen LogP contribution is -2.42. The Kier molecular flexibility index (Phi) is 8.12. The lowest BCUT2D eigenvalue weighted by atomic mass is 9.94. The topological polar surface area (TPSA) is 66.5 Å². The van der Waals surface area contributed by atoms with Crippen molar-refractivity contribution < 1.29 is 22.0 Å². The number of carbonyl (C=O) groups is 1. The summed E-state index contributed by atoms with van der Waals surface area (Å²) in [6, 6.07) is 16.2. The van der Waals surface area contributed by atoms with Crippen molar-refractivity contribution in [3.8, 4) is 0 Å². The number of sulfonamides is 1. The van der Waals surface area contributed by atoms with Gasteiger partial charge in [0.2, 0.25) is 10.0 Å². The van der Waals surface area contributed by atoms with Crippen molar-refractivity contribution in [2.75, 3.05) is 13.1 Å². The Labute approximate surface area is 215 Å². The van der Waals surface area contributed by atoms with Crippen LogP contribution in [0.5, 0.6) is 0 Å². The van der Waals surface area contributed by atoms with Crippen molar-refractivity contribution in [3.05, 3.63) is 89.5 Å². The molecule has 0 unspecified atom stereocenters. The molecule has 9 heteroatoms. The first-order valence-corrected chi connectivity index (χ1v) is 14.0. The van der Waals surface area contributed by atoms with Gasteiger partial charge < -0.3 is 5.32 Å². The zero-order valence-corrected chi connectivity index (χ0v) is 21.7. The average molecular weight is 531 g/mol. The molecule has 1 heterocycles. The van der Waals surface area contributed by atoms with Crippen LogP contribution < -0.4 is 5.32 Å². The number of rotatable bonds is 7. The van der Waals surface area contributed by atoms with Gasteiger partial charge >= 0.3 is 0 Å². The van der Waals surface area contributed by atoms with E-state index in [1.54, 1.807) is 30.3 Å². The molecule has 2 atom stereocenters. The highest BCUT2D eigenvalue weighted by atomic mass is 32.2. The molecule has 36 heavy (non-hydrogen) atoms. The van der Waals surface area contributed by atoms with Gasteiger partial charge in [0.05, 0.1) is 10.5 Å². The summed E-state index contributed by atoms with van der Waals surface area (Å²) in [4.78, 5) is 14.5. The SMILES string of the molecule is C[C@@H]1C[C@@H](C)CN(S(=O)(=O)c2ccc(Sc3ccc(F)cc3)c(C(=O)NCc3ccc(F)cc3)c2)C1. The second-order valence-corrected chi connectivity index (χ2v) is 12.3. The van der Waals surface area contributed by atoms with Gasteiger partial charge in [-0.3, -0.25) is 4.79 Å². The molecule has 0 bridgehead atoms. The smallest absolute Gasteiger partial charge is 0.252 e. The number of halogens is 2. The van der Waals surface area contributed by atoms with Gasteiger partial charge in [-0.05, 0) is 78.4 Å². The summed E-state index contributed by atoms with van der Waals surface area (Å²) in [6.45, 7) is 5.09. The van der Waals surface area contributed by atoms with Gasteiger partial charge in [0.1, 0.15) is 11.6 Å². The van der Waals surface area contributed by atoms with Crippen molar-refractivity contribution in [2.24, 2.45) is 11.8 Å². The first kappa shape index (κ1) is 26.3. The minimum absolute atomic E-state index is 0.0548. The third-order valence-corrected chi connectivity index (χ3v) is 8.99. The molecule has 1 aliphatic rings. The molecule has 4 rings (SSSR count). The largest absolute Gasteiger partial charge is 0.348 e. The average Bonchev–Trinajstić information content (AvgIpc) is 2.84. The van der Waals surface area contributed by atoms with Crippen molar-refractivity contribution in [2.45, 2.75) is 41.5 Å². The molecule has 3 aromatic rings. The van der Waals surface area contributed by atoms with Crippen LogP contribution in [0, 0.1) is 23.5 Å². The third-order valence-electron chi connectivity index (χ3n) is 6.08. The normalized spacial score (nSPS) is 18.7. The van der Waals surface area contributed by atoms with E-state index in [2.05, 4.69) is 5.32 Å². The molecule has 0 spiro atoms. The van der Waals surface area contributed by atoms with Crippen molar-refractivity contribution >= 4 is 27.7 Å². The maximum Gasteiger partial charge on any atom is 0.252 e. The van der Waals surface area contributed by atoms with Gasteiger partial charge in [0, 0.05) is 29.4 Å². The number of carbonyl (C=O) groups excluding carboxylic acids is 1. The molecule has 1 amide bonds. The van der Waals surface area contributed by atoms with Crippen LogP contribution in [0.3, 0.4) is 0 Å². The maximum atomic E-state index is 13.5. The number of benzene rings is 3. The minimum Gasteiger partial charge on any atom is -0.348 e. The Bertz CT molecular complexity index is 1320. The Morgan fingerprint density at radius 3 is 2.14 bits per heavy atom. The standard InChI is InChI=1S/C27H28F2N2O3S2/c1-18-13-19(2)17-31(16-18)36(33,34)24-11-12-26(35-23-9-7-22(29)8-10-23)25(14-24)27(32)30-15-20-3-5-21(28)6-4-20/h3-12,14,18-19H,13,15-17H2,1-2H3,(H,30,32)/t18-,19-/m1/s1. The molecule has 0 radical (unpaired) electrons. The third kappa shape index (κ3) is 6.32. The zero-order valence-electron chi connectivity index (χ0n) is 20.1. The predicted molar refractivity (Wildman–Crippen MR) is 136 cm³/mol. The molecule has 5 nitrogen and oxygen atoms in total. The summed E-state index contributed by atoms with van der Waals surface area (Å²) >= 11 is 1.25. The number of hydrogen-bond donors (Lipinski definition) is 1. The highest BCUT2D eigenvalue weighted by molar-refractivity contribution is 7.99. The minimum atomic E-state index is -3.80. The predicted octanol–water partition coefficient (Wildman–Crippen LogP) is 5.71. The highest BCUT2D eigenvalue weighted by Crippen LogP contribution is 2.34. The monoisotopic (exact) mass is 530 g/mol. The molecule has 1 fully saturated rings. The zero-order chi connectivity index (χ0) is 25.9. The van der Waals surface area contributed by atoms with Gasteiger partial charge in [-0.1, -0.05) is 37.7 Å². The molecule has 0 aromatic heterocycles. The van der Waals surface area contributed by atoms with Crippen LogP contribution in [0.1, 0.15) is 36.2 Å². The number of nitrogens with one attached hydrogen (secondary N) is 1. The van der Waals surface area contributed by atoms with E-state index in [1.807, 2.05) is 13.8 Å². The first-order chi connectivity index (χ1) is 17.1. The fraction of sp³-hybridized carbons (Fsp3) is 0.296. The van der Waals surface area contributed by atoms with Gasteiger partial charge in [-0.15, -0.1) is 0 Å².